The van der Waals surface area contributed by atoms with Gasteiger partial charge >= 0.3 is 0 Å². The highest BCUT2D eigenvalue weighted by Gasteiger charge is 2.37. The van der Waals surface area contributed by atoms with Gasteiger partial charge in [-0.15, -0.1) is 0 Å². The van der Waals surface area contributed by atoms with Crippen molar-refractivity contribution in [3.8, 4) is 17.2 Å². The molecule has 0 aromatic heterocycles. The quantitative estimate of drug-likeness (QED) is 0.602. The van der Waals surface area contributed by atoms with Gasteiger partial charge in [0.25, 0.3) is 0 Å². The number of nitrogens with one attached hydrogen (secondary N) is 2. The molecule has 3 amide bonds. The lowest BCUT2D eigenvalue weighted by Gasteiger charge is -2.22. The number of benzene rings is 2. The molecule has 2 unspecified atom stereocenters. The molecule has 3 rings (SSSR count). The maximum absolute atomic E-state index is 13.7. The molecule has 11 heteroatoms. The summed E-state index contributed by atoms with van der Waals surface area (Å²) in [5.41, 5.74) is 0.510. The van der Waals surface area contributed by atoms with Gasteiger partial charge in [-0.1, -0.05) is 6.07 Å². The molecule has 0 aliphatic carbocycles. The Morgan fingerprint density at radius 2 is 1.68 bits per heavy atom. The summed E-state index contributed by atoms with van der Waals surface area (Å²) in [6.45, 7) is 0.0293. The molecule has 182 valence electrons. The molecule has 2 N–H and O–H groups in total. The van der Waals surface area contributed by atoms with Crippen LogP contribution in [0, 0.1) is 17.6 Å². The third kappa shape index (κ3) is 4.87. The normalized spacial score (nSPS) is 16.1. The first-order chi connectivity index (χ1) is 16.2. The van der Waals surface area contributed by atoms with Crippen LogP contribution >= 0.6 is 0 Å². The lowest BCUT2D eigenvalue weighted by molar-refractivity contribution is -0.131. The van der Waals surface area contributed by atoms with Crippen LogP contribution in [0.3, 0.4) is 0 Å². The molecule has 1 saturated heterocycles. The molecule has 1 aliphatic heterocycles. The summed E-state index contributed by atoms with van der Waals surface area (Å²) < 4.78 is 43.0. The maximum Gasteiger partial charge on any atom is 0.246 e. The number of hydrogen-bond acceptors (Lipinski definition) is 6. The summed E-state index contributed by atoms with van der Waals surface area (Å²) in [5.74, 6) is -3.49. The number of anilines is 1. The van der Waals surface area contributed by atoms with Crippen LogP contribution in [0.1, 0.15) is 18.0 Å². The molecule has 1 heterocycles. The highest BCUT2D eigenvalue weighted by atomic mass is 19.2. The van der Waals surface area contributed by atoms with E-state index in [2.05, 4.69) is 10.6 Å². The summed E-state index contributed by atoms with van der Waals surface area (Å²) in [5, 5.41) is 4.93. The van der Waals surface area contributed by atoms with Gasteiger partial charge in [0.2, 0.25) is 23.5 Å². The number of hydrogen-bond donors (Lipinski definition) is 2. The zero-order chi connectivity index (χ0) is 25.0. The van der Waals surface area contributed by atoms with E-state index in [-0.39, 0.29) is 24.4 Å². The molecule has 0 spiro atoms. The van der Waals surface area contributed by atoms with E-state index in [4.69, 9.17) is 14.2 Å². The molecule has 0 radical (unpaired) electrons. The van der Waals surface area contributed by atoms with Gasteiger partial charge in [0.15, 0.2) is 23.1 Å². The van der Waals surface area contributed by atoms with E-state index in [1.165, 1.54) is 39.3 Å². The van der Waals surface area contributed by atoms with Crippen LogP contribution in [0.4, 0.5) is 14.5 Å². The summed E-state index contributed by atoms with van der Waals surface area (Å²) in [6.07, 6.45) is -0.110. The van der Waals surface area contributed by atoms with Crippen molar-refractivity contribution in [3.05, 3.63) is 47.5 Å². The fraction of sp³-hybridized carbons (Fsp3) is 0.348. The molecule has 2 aromatic rings. The molecule has 1 fully saturated rings. The fourth-order valence-electron chi connectivity index (χ4n) is 3.75. The standard InChI is InChI=1S/C23H25F2N3O6/c1-26-23(31)20(12-5-6-15(24)16(25)7-12)27-22(30)13-8-19(29)28(11-13)14-9-17(32-2)21(34-4)18(10-14)33-3/h5-7,9-10,13,20H,8,11H2,1-4H3,(H,26,31)(H,27,30). The van der Waals surface area contributed by atoms with Crippen LogP contribution in [0.25, 0.3) is 0 Å². The third-order valence-electron chi connectivity index (χ3n) is 5.53. The minimum atomic E-state index is -1.27. The van der Waals surface area contributed by atoms with Crippen molar-refractivity contribution in [3.63, 3.8) is 0 Å². The van der Waals surface area contributed by atoms with Crippen LogP contribution < -0.4 is 29.7 Å². The summed E-state index contributed by atoms with van der Waals surface area (Å²) in [4.78, 5) is 39.5. The second-order valence-electron chi connectivity index (χ2n) is 7.52. The highest BCUT2D eigenvalue weighted by molar-refractivity contribution is 6.01. The number of carbonyl (C=O) groups is 3. The number of methoxy groups -OCH3 is 3. The van der Waals surface area contributed by atoms with Gasteiger partial charge in [0.05, 0.1) is 32.9 Å². The molecule has 0 bridgehead atoms. The third-order valence-corrected chi connectivity index (χ3v) is 5.53. The molecular weight excluding hydrogens is 452 g/mol. The topological polar surface area (TPSA) is 106 Å². The zero-order valence-corrected chi connectivity index (χ0v) is 19.1. The minimum Gasteiger partial charge on any atom is -0.493 e. The second-order valence-corrected chi connectivity index (χ2v) is 7.52. The van der Waals surface area contributed by atoms with Crippen molar-refractivity contribution in [1.82, 2.24) is 10.6 Å². The van der Waals surface area contributed by atoms with Crippen molar-refractivity contribution in [2.24, 2.45) is 5.92 Å². The second kappa shape index (κ2) is 10.4. The first kappa shape index (κ1) is 24.7. The van der Waals surface area contributed by atoms with Gasteiger partial charge in [-0.3, -0.25) is 14.4 Å². The van der Waals surface area contributed by atoms with E-state index in [1.807, 2.05) is 0 Å². The number of ether oxygens (including phenoxy) is 3. The van der Waals surface area contributed by atoms with Gasteiger partial charge in [-0.05, 0) is 17.7 Å². The van der Waals surface area contributed by atoms with E-state index in [1.54, 1.807) is 12.1 Å². The highest BCUT2D eigenvalue weighted by Crippen LogP contribution is 2.42. The number of rotatable bonds is 8. The SMILES string of the molecule is CNC(=O)C(NC(=O)C1CC(=O)N(c2cc(OC)c(OC)c(OC)c2)C1)c1ccc(F)c(F)c1. The Labute approximate surface area is 195 Å². The van der Waals surface area contributed by atoms with Crippen LogP contribution in [0.5, 0.6) is 17.2 Å². The van der Waals surface area contributed by atoms with Gasteiger partial charge in [-0.25, -0.2) is 8.78 Å². The van der Waals surface area contributed by atoms with Crippen LogP contribution in [-0.2, 0) is 14.4 Å². The van der Waals surface area contributed by atoms with E-state index in [9.17, 15) is 23.2 Å². The van der Waals surface area contributed by atoms with Gasteiger partial charge in [0.1, 0.15) is 6.04 Å². The summed E-state index contributed by atoms with van der Waals surface area (Å²) in [6, 6.07) is 4.84. The summed E-state index contributed by atoms with van der Waals surface area (Å²) >= 11 is 0. The molecule has 2 aromatic carbocycles. The number of halogens is 2. The van der Waals surface area contributed by atoms with Crippen molar-refractivity contribution in [2.75, 3.05) is 39.8 Å². The molecular formula is C23H25F2N3O6. The lowest BCUT2D eigenvalue weighted by atomic mass is 10.0. The maximum atomic E-state index is 13.7. The average molecular weight is 477 g/mol. The number of nitrogens with zero attached hydrogens (tertiary/aromatic N) is 1. The Kier molecular flexibility index (Phi) is 7.54. The molecule has 34 heavy (non-hydrogen) atoms. The van der Waals surface area contributed by atoms with Crippen molar-refractivity contribution >= 4 is 23.4 Å². The number of amides is 3. The monoisotopic (exact) mass is 477 g/mol. The Balaban J connectivity index is 1.82. The van der Waals surface area contributed by atoms with Crippen LogP contribution in [-0.4, -0.2) is 52.6 Å². The fourth-order valence-corrected chi connectivity index (χ4v) is 3.75. The Morgan fingerprint density at radius 3 is 2.21 bits per heavy atom. The van der Waals surface area contributed by atoms with Gasteiger partial charge < -0.3 is 29.7 Å². The van der Waals surface area contributed by atoms with Crippen LogP contribution in [0.2, 0.25) is 0 Å². The van der Waals surface area contributed by atoms with Crippen molar-refractivity contribution in [1.29, 1.82) is 0 Å². The molecule has 9 nitrogen and oxygen atoms in total. The Morgan fingerprint density at radius 1 is 1.03 bits per heavy atom. The molecule has 2 atom stereocenters. The smallest absolute Gasteiger partial charge is 0.246 e. The van der Waals surface area contributed by atoms with Gasteiger partial charge in [-0.2, -0.15) is 0 Å². The van der Waals surface area contributed by atoms with E-state index < -0.39 is 35.4 Å². The van der Waals surface area contributed by atoms with E-state index in [0.29, 0.717) is 22.9 Å². The first-order valence-electron chi connectivity index (χ1n) is 10.3. The Bertz CT molecular complexity index is 1090. The first-order valence-corrected chi connectivity index (χ1v) is 10.3. The van der Waals surface area contributed by atoms with Crippen molar-refractivity contribution < 1.29 is 37.4 Å². The van der Waals surface area contributed by atoms with E-state index in [0.717, 1.165) is 12.1 Å². The average Bonchev–Trinajstić information content (AvgIpc) is 3.24. The number of likely N-dealkylation sites (N-methyl/N-ethyl adjacent to an activating group) is 1. The lowest BCUT2D eigenvalue weighted by Crippen LogP contribution is -2.42. The summed E-state index contributed by atoms with van der Waals surface area (Å²) in [7, 11) is 5.70. The molecule has 0 saturated carbocycles. The Hall–Kier alpha value is -3.89. The van der Waals surface area contributed by atoms with Crippen LogP contribution in [0.15, 0.2) is 30.3 Å². The molecule has 1 aliphatic rings. The van der Waals surface area contributed by atoms with Gasteiger partial charge in [0, 0.05) is 32.1 Å². The zero-order valence-electron chi connectivity index (χ0n) is 19.1. The minimum absolute atomic E-state index is 0.0293. The van der Waals surface area contributed by atoms with Crippen molar-refractivity contribution in [2.45, 2.75) is 12.5 Å². The number of carbonyl (C=O) groups excluding carboxylic acids is 3. The predicted octanol–water partition coefficient (Wildman–Crippen LogP) is 1.95. The van der Waals surface area contributed by atoms with E-state index >= 15 is 0 Å². The predicted molar refractivity (Wildman–Crippen MR) is 118 cm³/mol. The largest absolute Gasteiger partial charge is 0.493 e.